The van der Waals surface area contributed by atoms with E-state index in [4.69, 9.17) is 23.3 Å². The molecule has 0 saturated heterocycles. The number of rotatable bonds is 49. The zero-order chi connectivity index (χ0) is 51.3. The minimum absolute atomic E-state index is 0.0715. The normalized spacial score (nSPS) is 14.2. The number of hydrogen-bond acceptors (Lipinski definition) is 10. The van der Waals surface area contributed by atoms with Gasteiger partial charge in [-0.05, 0) is 77.0 Å². The van der Waals surface area contributed by atoms with Gasteiger partial charge in [-0.2, -0.15) is 0 Å². The third-order valence-electron chi connectivity index (χ3n) is 11.0. The van der Waals surface area contributed by atoms with E-state index in [1.165, 1.54) is 57.8 Å². The topological polar surface area (TPSA) is 155 Å². The fraction of sp³-hybridized carbons (Fsp3) is 0.672. The summed E-state index contributed by atoms with van der Waals surface area (Å²) in [7, 11) is -4.77. The molecule has 0 aromatic rings. The van der Waals surface area contributed by atoms with Crippen molar-refractivity contribution in [3.05, 3.63) is 97.2 Å². The first-order valence-electron chi connectivity index (χ1n) is 27.1. The van der Waals surface area contributed by atoms with E-state index in [2.05, 4.69) is 93.7 Å². The molecular weight excluding hydrogens is 904 g/mol. The zero-order valence-corrected chi connectivity index (χ0v) is 44.8. The third-order valence-corrected chi connectivity index (χ3v) is 12.0. The van der Waals surface area contributed by atoms with Gasteiger partial charge in [0.2, 0.25) is 0 Å². The molecule has 3 unspecified atom stereocenters. The summed E-state index contributed by atoms with van der Waals surface area (Å²) in [5.74, 6) is -1.64. The maximum atomic E-state index is 12.9. The Bertz CT molecular complexity index is 1540. The van der Waals surface area contributed by atoms with Gasteiger partial charge in [-0.1, -0.05) is 214 Å². The number of esters is 3. The average molecular weight is 1000 g/mol. The maximum absolute atomic E-state index is 12.9. The fourth-order valence-corrected chi connectivity index (χ4v) is 7.76. The van der Waals surface area contributed by atoms with Crippen LogP contribution in [-0.4, -0.2) is 66.5 Å². The van der Waals surface area contributed by atoms with Crippen molar-refractivity contribution in [2.45, 2.75) is 226 Å². The molecule has 0 rings (SSSR count). The maximum Gasteiger partial charge on any atom is 0.472 e. The van der Waals surface area contributed by atoms with E-state index in [0.29, 0.717) is 19.3 Å². The molecule has 0 saturated carbocycles. The van der Waals surface area contributed by atoms with E-state index in [9.17, 15) is 28.9 Å². The van der Waals surface area contributed by atoms with Crippen LogP contribution in [0.1, 0.15) is 213 Å². The number of phosphoric acid groups is 1. The molecule has 2 N–H and O–H groups in total. The monoisotopic (exact) mass is 1000 g/mol. The largest absolute Gasteiger partial charge is 0.472 e. The van der Waals surface area contributed by atoms with Gasteiger partial charge in [-0.25, -0.2) is 4.57 Å². The molecule has 0 aromatic carbocycles. The second kappa shape index (κ2) is 51.7. The van der Waals surface area contributed by atoms with Gasteiger partial charge in [-0.3, -0.25) is 23.4 Å². The molecular formula is C58H97O11P. The lowest BCUT2D eigenvalue weighted by Crippen LogP contribution is -2.30. The zero-order valence-electron chi connectivity index (χ0n) is 43.9. The smallest absolute Gasteiger partial charge is 0.462 e. The molecule has 0 heterocycles. The van der Waals surface area contributed by atoms with Crippen molar-refractivity contribution in [1.82, 2.24) is 0 Å². The Labute approximate surface area is 425 Å². The summed E-state index contributed by atoms with van der Waals surface area (Å²) in [5, 5.41) is 9.79. The summed E-state index contributed by atoms with van der Waals surface area (Å²) in [5.41, 5.74) is 0. The number of aliphatic hydroxyl groups is 1. The average Bonchev–Trinajstić information content (AvgIpc) is 3.35. The van der Waals surface area contributed by atoms with Crippen LogP contribution in [0.2, 0.25) is 0 Å². The van der Waals surface area contributed by atoms with Gasteiger partial charge < -0.3 is 24.2 Å². The van der Waals surface area contributed by atoms with E-state index in [1.807, 2.05) is 18.2 Å². The van der Waals surface area contributed by atoms with Crippen LogP contribution in [0.5, 0.6) is 0 Å². The van der Waals surface area contributed by atoms with Gasteiger partial charge in [-0.15, -0.1) is 0 Å². The van der Waals surface area contributed by atoms with E-state index in [0.717, 1.165) is 96.3 Å². The standard InChI is InChI=1S/C58H97O11P/c1-4-7-10-13-16-19-22-25-27-30-32-35-38-41-44-47-56(60)65-51-55(69-58(62)49-46-43-40-37-34-31-28-26-23-20-17-14-11-8-5-2)53-67-70(63,64)66-52-54(50-59)68-57(61)48-45-42-39-36-33-29-24-21-18-15-12-9-6-3/h7-8,10-11,16-17,19-20,25-28,34,37,43,46,54-55,59H,4-6,9,12-15,18,21-24,29-33,35-36,38-42,44-45,47-53H2,1-3H3,(H,63,64)/b10-7-,11-8-,19-16-,20-17-,27-25-,28-26-,37-34-,46-43-. The van der Waals surface area contributed by atoms with Gasteiger partial charge in [0, 0.05) is 12.8 Å². The van der Waals surface area contributed by atoms with Crippen molar-refractivity contribution < 1.29 is 52.2 Å². The number of hydrogen-bond donors (Lipinski definition) is 2. The van der Waals surface area contributed by atoms with E-state index >= 15 is 0 Å². The highest BCUT2D eigenvalue weighted by atomic mass is 31.2. The minimum atomic E-state index is -4.77. The molecule has 0 radical (unpaired) electrons. The molecule has 400 valence electrons. The number of ether oxygens (including phenoxy) is 3. The van der Waals surface area contributed by atoms with Gasteiger partial charge in [0.15, 0.2) is 6.10 Å². The molecule has 0 aliphatic rings. The van der Waals surface area contributed by atoms with E-state index in [1.54, 1.807) is 6.08 Å². The van der Waals surface area contributed by atoms with Crippen LogP contribution in [0.3, 0.4) is 0 Å². The third kappa shape index (κ3) is 49.4. The Morgan fingerprint density at radius 2 is 0.800 bits per heavy atom. The number of carbonyl (C=O) groups excluding carboxylic acids is 3. The molecule has 0 spiro atoms. The predicted molar refractivity (Wildman–Crippen MR) is 288 cm³/mol. The molecule has 12 heteroatoms. The lowest BCUT2D eigenvalue weighted by Gasteiger charge is -2.21. The summed E-state index contributed by atoms with van der Waals surface area (Å²) in [6.07, 6.45) is 59.7. The van der Waals surface area contributed by atoms with Gasteiger partial charge in [0.25, 0.3) is 0 Å². The van der Waals surface area contributed by atoms with Crippen molar-refractivity contribution in [1.29, 1.82) is 0 Å². The molecule has 70 heavy (non-hydrogen) atoms. The SMILES string of the molecule is CC/C=C\C/C=C\C/C=C\C/C=C\C/C=C\CC(=O)OC(COC(=O)CCCCCCC/C=C\C/C=C\C/C=C\CC)COP(=O)(O)OCC(CO)OC(=O)CCCCCCCCCCCCCCC. The van der Waals surface area contributed by atoms with Gasteiger partial charge >= 0.3 is 25.7 Å². The van der Waals surface area contributed by atoms with Crippen LogP contribution in [0.4, 0.5) is 0 Å². The number of phosphoric ester groups is 1. The molecule has 0 amide bonds. The Kier molecular flexibility index (Phi) is 49.1. The Morgan fingerprint density at radius 3 is 1.26 bits per heavy atom. The molecule has 11 nitrogen and oxygen atoms in total. The van der Waals surface area contributed by atoms with E-state index < -0.39 is 57.8 Å². The highest BCUT2D eigenvalue weighted by Gasteiger charge is 2.28. The highest BCUT2D eigenvalue weighted by molar-refractivity contribution is 7.47. The molecule has 0 fully saturated rings. The van der Waals surface area contributed by atoms with Crippen molar-refractivity contribution in [3.63, 3.8) is 0 Å². The van der Waals surface area contributed by atoms with Crippen LogP contribution in [-0.2, 0) is 42.2 Å². The minimum Gasteiger partial charge on any atom is -0.462 e. The quantitative estimate of drug-likeness (QED) is 0.0197. The number of carbonyl (C=O) groups is 3. The summed E-state index contributed by atoms with van der Waals surface area (Å²) < 4.78 is 39.3. The summed E-state index contributed by atoms with van der Waals surface area (Å²) in [4.78, 5) is 48.3. The first kappa shape index (κ1) is 66.4. The second-order valence-corrected chi connectivity index (χ2v) is 19.1. The molecule has 0 aliphatic carbocycles. The van der Waals surface area contributed by atoms with Gasteiger partial charge in [0.05, 0.1) is 26.2 Å². The summed E-state index contributed by atoms with van der Waals surface area (Å²) in [6.45, 7) is 4.27. The Morgan fingerprint density at radius 1 is 0.429 bits per heavy atom. The molecule has 0 aromatic heterocycles. The lowest BCUT2D eigenvalue weighted by molar-refractivity contribution is -0.160. The number of allylic oxidation sites excluding steroid dienone is 15. The predicted octanol–water partition coefficient (Wildman–Crippen LogP) is 15.7. The van der Waals surface area contributed by atoms with Crippen LogP contribution in [0.15, 0.2) is 97.2 Å². The highest BCUT2D eigenvalue weighted by Crippen LogP contribution is 2.43. The molecule has 0 aliphatic heterocycles. The summed E-state index contributed by atoms with van der Waals surface area (Å²) >= 11 is 0. The van der Waals surface area contributed by atoms with E-state index in [-0.39, 0.29) is 25.9 Å². The van der Waals surface area contributed by atoms with Gasteiger partial charge in [0.1, 0.15) is 12.7 Å². The second-order valence-electron chi connectivity index (χ2n) is 17.7. The van der Waals surface area contributed by atoms with Crippen molar-refractivity contribution in [2.75, 3.05) is 26.4 Å². The van der Waals surface area contributed by atoms with Crippen LogP contribution >= 0.6 is 7.82 Å². The Hall–Kier alpha value is -3.60. The number of unbranched alkanes of at least 4 members (excludes halogenated alkanes) is 17. The summed E-state index contributed by atoms with van der Waals surface area (Å²) in [6, 6.07) is 0. The Balaban J connectivity index is 4.87. The van der Waals surface area contributed by atoms with Crippen molar-refractivity contribution in [3.8, 4) is 0 Å². The fourth-order valence-electron chi connectivity index (χ4n) is 6.97. The van der Waals surface area contributed by atoms with Crippen LogP contribution in [0, 0.1) is 0 Å². The van der Waals surface area contributed by atoms with Crippen molar-refractivity contribution >= 4 is 25.7 Å². The lowest BCUT2D eigenvalue weighted by atomic mass is 10.0. The molecule has 3 atom stereocenters. The van der Waals surface area contributed by atoms with Crippen LogP contribution in [0.25, 0.3) is 0 Å². The van der Waals surface area contributed by atoms with Crippen LogP contribution < -0.4 is 0 Å². The first-order chi connectivity index (χ1) is 34.2. The number of aliphatic hydroxyl groups excluding tert-OH is 1. The van der Waals surface area contributed by atoms with Crippen molar-refractivity contribution in [2.24, 2.45) is 0 Å². The first-order valence-corrected chi connectivity index (χ1v) is 28.6. The molecule has 0 bridgehead atoms.